The van der Waals surface area contributed by atoms with Gasteiger partial charge in [-0.05, 0) is 49.2 Å². The lowest BCUT2D eigenvalue weighted by atomic mass is 10.1. The van der Waals surface area contributed by atoms with Crippen LogP contribution in [0.1, 0.15) is 35.1 Å². The van der Waals surface area contributed by atoms with Crippen molar-refractivity contribution in [1.82, 2.24) is 15.6 Å². The van der Waals surface area contributed by atoms with Crippen molar-refractivity contribution >= 4 is 34.9 Å². The lowest BCUT2D eigenvalue weighted by Gasteiger charge is -2.17. The molecule has 10 heteroatoms. The fourth-order valence-corrected chi connectivity index (χ4v) is 3.56. The number of nitrogens with zero attached hydrogens (tertiary/aromatic N) is 1. The summed E-state index contributed by atoms with van der Waals surface area (Å²) in [7, 11) is 0. The van der Waals surface area contributed by atoms with Crippen molar-refractivity contribution in [2.45, 2.75) is 18.9 Å². The van der Waals surface area contributed by atoms with Crippen molar-refractivity contribution in [1.29, 1.82) is 5.41 Å². The number of aromatic nitrogens is 1. The quantitative estimate of drug-likeness (QED) is 0.212. The van der Waals surface area contributed by atoms with Gasteiger partial charge in [0.05, 0.1) is 21.8 Å². The molecule has 6 nitrogen and oxygen atoms in total. The minimum absolute atomic E-state index is 0.128. The molecule has 1 amide bonds. The van der Waals surface area contributed by atoms with Crippen LogP contribution in [0.2, 0.25) is 10.0 Å². The van der Waals surface area contributed by atoms with Crippen LogP contribution in [-0.4, -0.2) is 29.9 Å². The second-order valence-corrected chi connectivity index (χ2v) is 7.69. The Balaban J connectivity index is 1.80. The highest BCUT2D eigenvalue weighted by Crippen LogP contribution is 2.28. The van der Waals surface area contributed by atoms with Gasteiger partial charge in [0.2, 0.25) is 5.89 Å². The van der Waals surface area contributed by atoms with E-state index in [9.17, 15) is 13.6 Å². The fraction of sp³-hybridized carbons (Fsp3) is 0.227. The molecule has 2 aromatic carbocycles. The van der Waals surface area contributed by atoms with E-state index in [1.807, 2.05) is 0 Å². The monoisotopic (exact) mass is 480 g/mol. The average Bonchev–Trinajstić information content (AvgIpc) is 3.26. The molecule has 3 rings (SSSR count). The number of nitrogens with one attached hydrogen (secondary N) is 3. The van der Waals surface area contributed by atoms with Crippen molar-refractivity contribution in [2.24, 2.45) is 0 Å². The van der Waals surface area contributed by atoms with Crippen molar-refractivity contribution in [3.05, 3.63) is 76.0 Å². The minimum atomic E-state index is -0.883. The Kier molecular flexibility index (Phi) is 8.19. The van der Waals surface area contributed by atoms with Crippen LogP contribution >= 0.6 is 23.2 Å². The highest BCUT2D eigenvalue weighted by atomic mass is 35.5. The van der Waals surface area contributed by atoms with Gasteiger partial charge in [-0.3, -0.25) is 10.2 Å². The number of alkyl halides is 1. The number of hydrogen-bond donors (Lipinski definition) is 3. The molecule has 1 heterocycles. The van der Waals surface area contributed by atoms with Crippen LogP contribution < -0.4 is 10.6 Å². The molecule has 0 spiro atoms. The first-order chi connectivity index (χ1) is 15.4. The topological polar surface area (TPSA) is 91.0 Å². The third-order valence-corrected chi connectivity index (χ3v) is 5.22. The number of oxazole rings is 1. The van der Waals surface area contributed by atoms with Gasteiger partial charge in [-0.1, -0.05) is 29.3 Å². The first kappa shape index (κ1) is 23.7. The van der Waals surface area contributed by atoms with E-state index < -0.39 is 18.6 Å². The van der Waals surface area contributed by atoms with Crippen LogP contribution in [0, 0.1) is 11.2 Å². The van der Waals surface area contributed by atoms with Crippen molar-refractivity contribution in [3.8, 4) is 11.3 Å². The molecular formula is C22H20Cl2F2N4O2. The molecule has 0 aliphatic heterocycles. The van der Waals surface area contributed by atoms with E-state index in [1.165, 1.54) is 18.3 Å². The van der Waals surface area contributed by atoms with E-state index in [-0.39, 0.29) is 33.2 Å². The fourth-order valence-electron chi connectivity index (χ4n) is 2.99. The van der Waals surface area contributed by atoms with Gasteiger partial charge in [0.15, 0.2) is 5.76 Å². The van der Waals surface area contributed by atoms with Gasteiger partial charge in [0, 0.05) is 12.1 Å². The van der Waals surface area contributed by atoms with Gasteiger partial charge in [-0.15, -0.1) is 0 Å². The summed E-state index contributed by atoms with van der Waals surface area (Å²) in [6.45, 7) is -0.556. The third-order valence-electron chi connectivity index (χ3n) is 4.59. The second kappa shape index (κ2) is 11.1. The molecule has 1 atom stereocenters. The summed E-state index contributed by atoms with van der Waals surface area (Å²) in [5, 5.41) is 13.2. The first-order valence-electron chi connectivity index (χ1n) is 9.73. The standard InChI is InChI=1S/C22H20Cl2F2N4O2/c23-15-3-1-4-16(24)20(15)21(31)30-17(5-2-10-28-19(27)11-25)22-29-12-18(32-22)13-6-8-14(26)9-7-13/h1,3-4,6-9,12,17H,2,5,10-11H2,(H2,27,28)(H,30,31)/t17-/m0/s1. The zero-order valence-corrected chi connectivity index (χ0v) is 18.3. The molecule has 0 saturated heterocycles. The van der Waals surface area contributed by atoms with Crippen LogP contribution in [0.3, 0.4) is 0 Å². The molecule has 32 heavy (non-hydrogen) atoms. The summed E-state index contributed by atoms with van der Waals surface area (Å²) in [5.74, 6) is -0.449. The van der Waals surface area contributed by atoms with Crippen molar-refractivity contribution in [3.63, 3.8) is 0 Å². The highest BCUT2D eigenvalue weighted by molar-refractivity contribution is 6.39. The SMILES string of the molecule is N=C(CF)NCCC[C@H](NC(=O)c1c(Cl)cccc1Cl)c1ncc(-c2ccc(F)cc2)o1. The third kappa shape index (κ3) is 6.05. The molecule has 3 N–H and O–H groups in total. The van der Waals surface area contributed by atoms with E-state index in [1.54, 1.807) is 30.3 Å². The number of carbonyl (C=O) groups is 1. The van der Waals surface area contributed by atoms with Crippen LogP contribution in [0.25, 0.3) is 11.3 Å². The molecule has 1 aromatic heterocycles. The maximum atomic E-state index is 13.2. The number of rotatable bonds is 9. The number of halogens is 4. The molecular weight excluding hydrogens is 461 g/mol. The number of benzene rings is 2. The highest BCUT2D eigenvalue weighted by Gasteiger charge is 2.23. The van der Waals surface area contributed by atoms with Gasteiger partial charge < -0.3 is 15.1 Å². The molecule has 0 fully saturated rings. The second-order valence-electron chi connectivity index (χ2n) is 6.87. The summed E-state index contributed by atoms with van der Waals surface area (Å²) >= 11 is 12.3. The number of amides is 1. The largest absolute Gasteiger partial charge is 0.438 e. The van der Waals surface area contributed by atoms with Crippen molar-refractivity contribution < 1.29 is 18.0 Å². The molecule has 0 unspecified atom stereocenters. The van der Waals surface area contributed by atoms with E-state index >= 15 is 0 Å². The van der Waals surface area contributed by atoms with Crippen molar-refractivity contribution in [2.75, 3.05) is 13.2 Å². The van der Waals surface area contributed by atoms with Gasteiger partial charge >= 0.3 is 0 Å². The average molecular weight is 481 g/mol. The summed E-state index contributed by atoms with van der Waals surface area (Å²) in [6.07, 6.45) is 2.35. The summed E-state index contributed by atoms with van der Waals surface area (Å²) in [6, 6.07) is 9.83. The maximum Gasteiger partial charge on any atom is 0.254 e. The Labute approximate surface area is 193 Å². The summed E-state index contributed by atoms with van der Waals surface area (Å²) in [4.78, 5) is 17.2. The lowest BCUT2D eigenvalue weighted by molar-refractivity contribution is 0.0927. The normalized spacial score (nSPS) is 11.8. The van der Waals surface area contributed by atoms with Gasteiger partial charge in [-0.2, -0.15) is 0 Å². The van der Waals surface area contributed by atoms with Crippen LogP contribution in [0.4, 0.5) is 8.78 Å². The Morgan fingerprint density at radius 3 is 2.50 bits per heavy atom. The van der Waals surface area contributed by atoms with Crippen LogP contribution in [0.5, 0.6) is 0 Å². The van der Waals surface area contributed by atoms with E-state index in [0.717, 1.165) is 0 Å². The first-order valence-corrected chi connectivity index (χ1v) is 10.5. The number of amidine groups is 1. The maximum absolute atomic E-state index is 13.2. The molecule has 168 valence electrons. The van der Waals surface area contributed by atoms with Crippen LogP contribution in [-0.2, 0) is 0 Å². The van der Waals surface area contributed by atoms with Gasteiger partial charge in [0.1, 0.15) is 24.4 Å². The molecule has 0 bridgehead atoms. The minimum Gasteiger partial charge on any atom is -0.438 e. The van der Waals surface area contributed by atoms with E-state index in [0.29, 0.717) is 30.7 Å². The molecule has 0 aliphatic rings. The molecule has 0 aliphatic carbocycles. The zero-order valence-electron chi connectivity index (χ0n) is 16.8. The predicted octanol–water partition coefficient (Wildman–Crippen LogP) is 5.58. The van der Waals surface area contributed by atoms with E-state index in [2.05, 4.69) is 15.6 Å². The predicted molar refractivity (Wildman–Crippen MR) is 120 cm³/mol. The number of hydrogen-bond acceptors (Lipinski definition) is 4. The number of carbonyl (C=O) groups excluding carboxylic acids is 1. The Bertz CT molecular complexity index is 1070. The smallest absolute Gasteiger partial charge is 0.254 e. The zero-order chi connectivity index (χ0) is 23.1. The Hall–Kier alpha value is -2.97. The van der Waals surface area contributed by atoms with Gasteiger partial charge in [0.25, 0.3) is 5.91 Å². The van der Waals surface area contributed by atoms with E-state index in [4.69, 9.17) is 33.0 Å². The summed E-state index contributed by atoms with van der Waals surface area (Å²) < 4.78 is 31.5. The molecule has 3 aromatic rings. The van der Waals surface area contributed by atoms with Gasteiger partial charge in [-0.25, -0.2) is 13.8 Å². The molecule has 0 saturated carbocycles. The summed E-state index contributed by atoms with van der Waals surface area (Å²) in [5.41, 5.74) is 0.755. The lowest BCUT2D eigenvalue weighted by Crippen LogP contribution is -2.31. The van der Waals surface area contributed by atoms with Crippen LogP contribution in [0.15, 0.2) is 53.1 Å². The Morgan fingerprint density at radius 2 is 1.84 bits per heavy atom. The Morgan fingerprint density at radius 1 is 1.16 bits per heavy atom. The molecule has 0 radical (unpaired) electrons.